The third-order valence-corrected chi connectivity index (χ3v) is 6.79. The highest BCUT2D eigenvalue weighted by molar-refractivity contribution is 8.00. The fraction of sp³-hybridized carbons (Fsp3) is 0.938. The van der Waals surface area contributed by atoms with Gasteiger partial charge in [-0.15, -0.1) is 0 Å². The first-order valence-electron chi connectivity index (χ1n) is 8.62. The van der Waals surface area contributed by atoms with Crippen LogP contribution in [0.5, 0.6) is 0 Å². The molecule has 0 aromatic carbocycles. The van der Waals surface area contributed by atoms with Gasteiger partial charge in [0.25, 0.3) is 0 Å². The first-order chi connectivity index (χ1) is 10.6. The summed E-state index contributed by atoms with van der Waals surface area (Å²) in [5.41, 5.74) is -0.597. The topological polar surface area (TPSA) is 56.7 Å². The Morgan fingerprint density at radius 3 is 2.95 bits per heavy atom. The Morgan fingerprint density at radius 1 is 1.41 bits per heavy atom. The standard InChI is InChI=1S/C16H31N3OS2/c1-3-17-15(18-11-16(20)8-9-21-12-16)19-13-6-5-7-14(10-13)22-4-2/h13-14,20H,3-12H2,1-2H3,(H2,17,18,19). The average Bonchev–Trinajstić information content (AvgIpc) is 2.93. The molecule has 6 heteroatoms. The van der Waals surface area contributed by atoms with Gasteiger partial charge in [0.15, 0.2) is 5.96 Å². The van der Waals surface area contributed by atoms with Gasteiger partial charge in [-0.05, 0) is 44.1 Å². The molecule has 0 radical (unpaired) electrons. The number of guanidine groups is 1. The molecule has 2 aliphatic rings. The zero-order valence-corrected chi connectivity index (χ0v) is 15.6. The average molecular weight is 346 g/mol. The van der Waals surface area contributed by atoms with E-state index in [9.17, 15) is 5.11 Å². The Kier molecular flexibility index (Phi) is 7.71. The summed E-state index contributed by atoms with van der Waals surface area (Å²) in [6.45, 7) is 5.70. The molecule has 3 N–H and O–H groups in total. The van der Waals surface area contributed by atoms with Gasteiger partial charge in [-0.1, -0.05) is 13.3 Å². The molecule has 4 nitrogen and oxygen atoms in total. The first kappa shape index (κ1) is 18.3. The van der Waals surface area contributed by atoms with Crippen LogP contribution in [-0.2, 0) is 0 Å². The summed E-state index contributed by atoms with van der Waals surface area (Å²) in [6.07, 6.45) is 5.96. The number of rotatable bonds is 6. The maximum absolute atomic E-state index is 10.4. The lowest BCUT2D eigenvalue weighted by Crippen LogP contribution is -2.46. The first-order valence-corrected chi connectivity index (χ1v) is 10.8. The minimum Gasteiger partial charge on any atom is -0.387 e. The van der Waals surface area contributed by atoms with Crippen LogP contribution in [0, 0.1) is 0 Å². The zero-order chi connectivity index (χ0) is 15.8. The molecule has 22 heavy (non-hydrogen) atoms. The van der Waals surface area contributed by atoms with Gasteiger partial charge in [0.05, 0.1) is 12.1 Å². The Hall–Kier alpha value is -0.0700. The van der Waals surface area contributed by atoms with E-state index in [0.29, 0.717) is 12.6 Å². The molecule has 0 aromatic heterocycles. The van der Waals surface area contributed by atoms with Crippen LogP contribution in [-0.4, -0.2) is 58.3 Å². The minimum atomic E-state index is -0.597. The van der Waals surface area contributed by atoms with Crippen molar-refractivity contribution in [3.8, 4) is 0 Å². The Labute approximate surface area is 143 Å². The maximum Gasteiger partial charge on any atom is 0.191 e. The minimum absolute atomic E-state index is 0.509. The molecule has 1 aliphatic carbocycles. The van der Waals surface area contributed by atoms with Crippen LogP contribution >= 0.6 is 23.5 Å². The van der Waals surface area contributed by atoms with Crippen LogP contribution in [0.4, 0.5) is 0 Å². The van der Waals surface area contributed by atoms with Gasteiger partial charge < -0.3 is 15.7 Å². The second-order valence-electron chi connectivity index (χ2n) is 6.31. The normalized spacial score (nSPS) is 33.0. The van der Waals surface area contributed by atoms with E-state index in [1.54, 1.807) is 0 Å². The molecule has 3 unspecified atom stereocenters. The third-order valence-electron chi connectivity index (χ3n) is 4.33. The smallest absolute Gasteiger partial charge is 0.191 e. The number of aliphatic hydroxyl groups is 1. The SMILES string of the molecule is CCNC(=NCC1(O)CCSC1)NC1CCCC(SCC)C1. The van der Waals surface area contributed by atoms with E-state index in [2.05, 4.69) is 41.2 Å². The molecule has 0 amide bonds. The van der Waals surface area contributed by atoms with Crippen LogP contribution in [0.3, 0.4) is 0 Å². The summed E-state index contributed by atoms with van der Waals surface area (Å²) in [4.78, 5) is 4.66. The summed E-state index contributed by atoms with van der Waals surface area (Å²) < 4.78 is 0. The Morgan fingerprint density at radius 2 is 2.27 bits per heavy atom. The van der Waals surface area contributed by atoms with Gasteiger partial charge in [0, 0.05) is 23.6 Å². The van der Waals surface area contributed by atoms with E-state index in [-0.39, 0.29) is 0 Å². The highest BCUT2D eigenvalue weighted by Gasteiger charge is 2.31. The van der Waals surface area contributed by atoms with E-state index in [4.69, 9.17) is 0 Å². The lowest BCUT2D eigenvalue weighted by molar-refractivity contribution is 0.0778. The van der Waals surface area contributed by atoms with Crippen molar-refractivity contribution in [3.63, 3.8) is 0 Å². The number of aliphatic imine (C=N–C) groups is 1. The zero-order valence-electron chi connectivity index (χ0n) is 13.9. The molecular weight excluding hydrogens is 314 g/mol. The highest BCUT2D eigenvalue weighted by Crippen LogP contribution is 2.29. The third kappa shape index (κ3) is 5.85. The van der Waals surface area contributed by atoms with Gasteiger partial charge in [-0.3, -0.25) is 4.99 Å². The van der Waals surface area contributed by atoms with E-state index in [1.807, 2.05) is 11.8 Å². The lowest BCUT2D eigenvalue weighted by Gasteiger charge is -2.30. The molecule has 128 valence electrons. The molecule has 1 saturated carbocycles. The maximum atomic E-state index is 10.4. The Bertz CT molecular complexity index is 357. The second kappa shape index (κ2) is 9.28. The van der Waals surface area contributed by atoms with Crippen molar-refractivity contribution < 1.29 is 5.11 Å². The van der Waals surface area contributed by atoms with Crippen molar-refractivity contribution in [1.29, 1.82) is 0 Å². The van der Waals surface area contributed by atoms with Crippen molar-refractivity contribution in [2.75, 3.05) is 30.3 Å². The highest BCUT2D eigenvalue weighted by atomic mass is 32.2. The number of nitrogens with one attached hydrogen (secondary N) is 2. The van der Waals surface area contributed by atoms with Crippen molar-refractivity contribution in [2.45, 2.75) is 62.8 Å². The van der Waals surface area contributed by atoms with Gasteiger partial charge in [-0.2, -0.15) is 23.5 Å². The monoisotopic (exact) mass is 345 g/mol. The molecule has 1 saturated heterocycles. The van der Waals surface area contributed by atoms with Crippen molar-refractivity contribution in [3.05, 3.63) is 0 Å². The van der Waals surface area contributed by atoms with Gasteiger partial charge in [-0.25, -0.2) is 0 Å². The summed E-state index contributed by atoms with van der Waals surface area (Å²) in [6, 6.07) is 0.517. The molecule has 0 spiro atoms. The summed E-state index contributed by atoms with van der Waals surface area (Å²) in [5, 5.41) is 18.2. The lowest BCUT2D eigenvalue weighted by atomic mass is 9.95. The number of hydrogen-bond acceptors (Lipinski definition) is 4. The molecule has 1 heterocycles. The van der Waals surface area contributed by atoms with Crippen LogP contribution in [0.25, 0.3) is 0 Å². The van der Waals surface area contributed by atoms with Crippen LogP contribution in [0.2, 0.25) is 0 Å². The van der Waals surface area contributed by atoms with Crippen molar-refractivity contribution in [2.24, 2.45) is 4.99 Å². The predicted octanol–water partition coefficient (Wildman–Crippen LogP) is 2.47. The van der Waals surface area contributed by atoms with Gasteiger partial charge in [0.1, 0.15) is 0 Å². The molecular formula is C16H31N3OS2. The van der Waals surface area contributed by atoms with Crippen LogP contribution in [0.15, 0.2) is 4.99 Å². The van der Waals surface area contributed by atoms with E-state index in [1.165, 1.54) is 31.4 Å². The molecule has 2 rings (SSSR count). The van der Waals surface area contributed by atoms with Crippen molar-refractivity contribution >= 4 is 29.5 Å². The Balaban J connectivity index is 1.87. The van der Waals surface area contributed by atoms with Gasteiger partial charge in [0.2, 0.25) is 0 Å². The molecule has 0 bridgehead atoms. The van der Waals surface area contributed by atoms with Gasteiger partial charge >= 0.3 is 0 Å². The van der Waals surface area contributed by atoms with Crippen LogP contribution in [0.1, 0.15) is 46.0 Å². The summed E-state index contributed by atoms with van der Waals surface area (Å²) in [5.74, 6) is 3.94. The van der Waals surface area contributed by atoms with E-state index >= 15 is 0 Å². The summed E-state index contributed by atoms with van der Waals surface area (Å²) >= 11 is 3.91. The van der Waals surface area contributed by atoms with Crippen LogP contribution < -0.4 is 10.6 Å². The molecule has 2 fully saturated rings. The second-order valence-corrected chi connectivity index (χ2v) is 8.99. The fourth-order valence-corrected chi connectivity index (χ4v) is 5.58. The number of thioether (sulfide) groups is 2. The quantitative estimate of drug-likeness (QED) is 0.510. The largest absolute Gasteiger partial charge is 0.387 e. The molecule has 3 atom stereocenters. The summed E-state index contributed by atoms with van der Waals surface area (Å²) in [7, 11) is 0. The van der Waals surface area contributed by atoms with E-state index < -0.39 is 5.60 Å². The molecule has 1 aliphatic heterocycles. The van der Waals surface area contributed by atoms with E-state index in [0.717, 1.165) is 35.7 Å². The number of hydrogen-bond donors (Lipinski definition) is 3. The number of nitrogens with zero attached hydrogens (tertiary/aromatic N) is 1. The predicted molar refractivity (Wildman–Crippen MR) is 100 cm³/mol. The van der Waals surface area contributed by atoms with Crippen molar-refractivity contribution in [1.82, 2.24) is 10.6 Å². The fourth-order valence-electron chi connectivity index (χ4n) is 3.12. The molecule has 0 aromatic rings.